The summed E-state index contributed by atoms with van der Waals surface area (Å²) in [4.78, 5) is 0. The zero-order valence-corrected chi connectivity index (χ0v) is 8.02. The maximum atomic E-state index is 8.83. The van der Waals surface area contributed by atoms with Gasteiger partial charge < -0.3 is 5.11 Å². The third kappa shape index (κ3) is 2.69. The zero-order chi connectivity index (χ0) is 8.81. The Labute approximate surface area is 78.0 Å². The van der Waals surface area contributed by atoms with Crippen LogP contribution in [0, 0.1) is 17.2 Å². The third-order valence-corrected chi connectivity index (χ3v) is 3.70. The van der Waals surface area contributed by atoms with Crippen molar-refractivity contribution in [2.24, 2.45) is 5.92 Å². The molecule has 0 aromatic carbocycles. The Morgan fingerprint density at radius 2 is 2.17 bits per heavy atom. The zero-order valence-electron chi connectivity index (χ0n) is 7.20. The van der Waals surface area contributed by atoms with Gasteiger partial charge in [0, 0.05) is 11.0 Å². The van der Waals surface area contributed by atoms with E-state index in [1.54, 1.807) is 11.8 Å². The van der Waals surface area contributed by atoms with Crippen molar-refractivity contribution in [1.29, 1.82) is 5.26 Å². The lowest BCUT2D eigenvalue weighted by Crippen LogP contribution is -2.21. The molecular formula is C9H15NOS. The summed E-state index contributed by atoms with van der Waals surface area (Å²) in [5, 5.41) is 18.0. The molecule has 0 aliphatic heterocycles. The molecule has 1 aliphatic carbocycles. The minimum Gasteiger partial charge on any atom is -0.396 e. The second-order valence-corrected chi connectivity index (χ2v) is 4.50. The minimum absolute atomic E-state index is 0.232. The number of hydrogen-bond acceptors (Lipinski definition) is 3. The molecule has 3 heteroatoms. The smallest absolute Gasteiger partial charge is 0.0667 e. The van der Waals surface area contributed by atoms with E-state index in [4.69, 9.17) is 10.4 Å². The molecule has 1 rings (SSSR count). The molecule has 0 heterocycles. The van der Waals surface area contributed by atoms with Crippen LogP contribution < -0.4 is 0 Å². The molecule has 1 N–H and O–H groups in total. The molecule has 0 spiro atoms. The van der Waals surface area contributed by atoms with Crippen LogP contribution in [0.3, 0.4) is 0 Å². The average Bonchev–Trinajstić information content (AvgIpc) is 2.15. The topological polar surface area (TPSA) is 44.0 Å². The summed E-state index contributed by atoms with van der Waals surface area (Å²) >= 11 is 1.76. The summed E-state index contributed by atoms with van der Waals surface area (Å²) in [6, 6.07) is 2.36. The number of rotatable bonds is 3. The maximum Gasteiger partial charge on any atom is 0.0667 e. The van der Waals surface area contributed by atoms with Gasteiger partial charge in [-0.25, -0.2) is 0 Å². The first-order chi connectivity index (χ1) is 5.88. The summed E-state index contributed by atoms with van der Waals surface area (Å²) in [5.74, 6) is 1.01. The van der Waals surface area contributed by atoms with Crippen LogP contribution in [0.1, 0.15) is 25.7 Å². The number of aliphatic hydroxyl groups excluding tert-OH is 1. The molecule has 1 saturated carbocycles. The largest absolute Gasteiger partial charge is 0.396 e. The van der Waals surface area contributed by atoms with E-state index in [2.05, 4.69) is 6.07 Å². The van der Waals surface area contributed by atoms with Crippen molar-refractivity contribution in [2.45, 2.75) is 30.9 Å². The molecule has 68 valence electrons. The maximum absolute atomic E-state index is 8.83. The molecule has 0 saturated heterocycles. The van der Waals surface area contributed by atoms with E-state index in [1.807, 2.05) is 0 Å². The van der Waals surface area contributed by atoms with Gasteiger partial charge in [0.05, 0.1) is 18.6 Å². The molecule has 12 heavy (non-hydrogen) atoms. The van der Waals surface area contributed by atoms with Crippen molar-refractivity contribution in [2.75, 3.05) is 12.4 Å². The fourth-order valence-corrected chi connectivity index (χ4v) is 2.82. The van der Waals surface area contributed by atoms with Gasteiger partial charge in [-0.1, -0.05) is 12.8 Å². The Kier molecular flexibility index (Phi) is 4.49. The lowest BCUT2D eigenvalue weighted by Gasteiger charge is -2.25. The molecule has 2 nitrogen and oxygen atoms in total. The van der Waals surface area contributed by atoms with E-state index in [1.165, 1.54) is 12.8 Å². The first-order valence-electron chi connectivity index (χ1n) is 4.50. The van der Waals surface area contributed by atoms with E-state index in [0.717, 1.165) is 18.6 Å². The minimum atomic E-state index is 0.232. The Morgan fingerprint density at radius 1 is 1.42 bits per heavy atom. The standard InChI is InChI=1S/C9H15NOS/c10-7-8-3-1-2-4-9(8)12-6-5-11/h8-9,11H,1-6H2. The van der Waals surface area contributed by atoms with Gasteiger partial charge in [-0.2, -0.15) is 17.0 Å². The Balaban J connectivity index is 2.32. The molecule has 0 amide bonds. The molecule has 0 aromatic rings. The molecule has 1 aliphatic rings. The van der Waals surface area contributed by atoms with Crippen LogP contribution >= 0.6 is 11.8 Å². The van der Waals surface area contributed by atoms with Crippen LogP contribution in [0.15, 0.2) is 0 Å². The van der Waals surface area contributed by atoms with Crippen LogP contribution in [-0.2, 0) is 0 Å². The van der Waals surface area contributed by atoms with Gasteiger partial charge in [0.1, 0.15) is 0 Å². The first kappa shape index (κ1) is 9.88. The van der Waals surface area contributed by atoms with Gasteiger partial charge in [0.15, 0.2) is 0 Å². The Bertz CT molecular complexity index is 166. The van der Waals surface area contributed by atoms with Gasteiger partial charge in [-0.15, -0.1) is 0 Å². The number of thioether (sulfide) groups is 1. The lowest BCUT2D eigenvalue weighted by atomic mass is 9.90. The van der Waals surface area contributed by atoms with Crippen molar-refractivity contribution < 1.29 is 5.11 Å². The molecular weight excluding hydrogens is 170 g/mol. The highest BCUT2D eigenvalue weighted by Gasteiger charge is 2.24. The van der Waals surface area contributed by atoms with E-state index in [9.17, 15) is 0 Å². The van der Waals surface area contributed by atoms with Crippen molar-refractivity contribution in [3.63, 3.8) is 0 Å². The van der Waals surface area contributed by atoms with Gasteiger partial charge in [0.2, 0.25) is 0 Å². The normalized spacial score (nSPS) is 29.7. The SMILES string of the molecule is N#CC1CCCCC1SCCO. The molecule has 0 radical (unpaired) electrons. The van der Waals surface area contributed by atoms with Gasteiger partial charge in [-0.05, 0) is 12.8 Å². The molecule has 2 atom stereocenters. The quantitative estimate of drug-likeness (QED) is 0.729. The summed E-state index contributed by atoms with van der Waals surface area (Å²) in [6.07, 6.45) is 4.66. The van der Waals surface area contributed by atoms with Gasteiger partial charge >= 0.3 is 0 Å². The van der Waals surface area contributed by atoms with E-state index < -0.39 is 0 Å². The van der Waals surface area contributed by atoms with Crippen molar-refractivity contribution in [3.8, 4) is 6.07 Å². The predicted octanol–water partition coefficient (Wildman–Crippen LogP) is 1.79. The van der Waals surface area contributed by atoms with Crippen molar-refractivity contribution in [1.82, 2.24) is 0 Å². The predicted molar refractivity (Wildman–Crippen MR) is 50.9 cm³/mol. The summed E-state index contributed by atoms with van der Waals surface area (Å²) < 4.78 is 0. The summed E-state index contributed by atoms with van der Waals surface area (Å²) in [7, 11) is 0. The second kappa shape index (κ2) is 5.45. The summed E-state index contributed by atoms with van der Waals surface area (Å²) in [6.45, 7) is 0.235. The van der Waals surface area contributed by atoms with Gasteiger partial charge in [-0.3, -0.25) is 0 Å². The van der Waals surface area contributed by atoms with E-state index >= 15 is 0 Å². The molecule has 2 unspecified atom stereocenters. The third-order valence-electron chi connectivity index (χ3n) is 2.29. The number of aliphatic hydroxyl groups is 1. The second-order valence-electron chi connectivity index (χ2n) is 3.15. The number of hydrogen-bond donors (Lipinski definition) is 1. The Morgan fingerprint density at radius 3 is 2.83 bits per heavy atom. The lowest BCUT2D eigenvalue weighted by molar-refractivity contribution is 0.322. The van der Waals surface area contributed by atoms with Crippen LogP contribution in [0.2, 0.25) is 0 Å². The van der Waals surface area contributed by atoms with Crippen molar-refractivity contribution in [3.05, 3.63) is 0 Å². The number of nitrogens with zero attached hydrogens (tertiary/aromatic N) is 1. The monoisotopic (exact) mass is 185 g/mol. The molecule has 1 fully saturated rings. The average molecular weight is 185 g/mol. The summed E-state index contributed by atoms with van der Waals surface area (Å²) in [5.41, 5.74) is 0. The van der Waals surface area contributed by atoms with Crippen molar-refractivity contribution >= 4 is 11.8 Å². The van der Waals surface area contributed by atoms with E-state index in [-0.39, 0.29) is 12.5 Å². The highest BCUT2D eigenvalue weighted by atomic mass is 32.2. The molecule has 0 bridgehead atoms. The number of nitriles is 1. The highest BCUT2D eigenvalue weighted by Crippen LogP contribution is 2.32. The fourth-order valence-electron chi connectivity index (χ4n) is 1.65. The van der Waals surface area contributed by atoms with Crippen LogP contribution in [-0.4, -0.2) is 22.7 Å². The molecule has 0 aromatic heterocycles. The fraction of sp³-hybridized carbons (Fsp3) is 0.889. The first-order valence-corrected chi connectivity index (χ1v) is 5.55. The van der Waals surface area contributed by atoms with Crippen LogP contribution in [0.25, 0.3) is 0 Å². The highest BCUT2D eigenvalue weighted by molar-refractivity contribution is 7.99. The van der Waals surface area contributed by atoms with Crippen LogP contribution in [0.5, 0.6) is 0 Å². The van der Waals surface area contributed by atoms with Crippen LogP contribution in [0.4, 0.5) is 0 Å². The Hall–Kier alpha value is -0.200. The van der Waals surface area contributed by atoms with E-state index in [0.29, 0.717) is 5.25 Å². The van der Waals surface area contributed by atoms with Gasteiger partial charge in [0.25, 0.3) is 0 Å².